The molecule has 5 rings (SSSR count). The second-order valence-electron chi connectivity index (χ2n) is 11.9. The van der Waals surface area contributed by atoms with Crippen molar-refractivity contribution in [2.24, 2.45) is 23.7 Å². The van der Waals surface area contributed by atoms with Gasteiger partial charge in [-0.1, -0.05) is 61.9 Å². The maximum Gasteiger partial charge on any atom is 0.306 e. The van der Waals surface area contributed by atoms with Crippen LogP contribution < -0.4 is 0 Å². The summed E-state index contributed by atoms with van der Waals surface area (Å²) in [7, 11) is -3.86. The van der Waals surface area contributed by atoms with E-state index in [9.17, 15) is 18.3 Å². The van der Waals surface area contributed by atoms with Gasteiger partial charge in [0, 0.05) is 24.9 Å². The van der Waals surface area contributed by atoms with Crippen LogP contribution in [0.25, 0.3) is 0 Å². The highest BCUT2D eigenvalue weighted by Crippen LogP contribution is 2.46. The second kappa shape index (κ2) is 12.9. The molecule has 0 amide bonds. The van der Waals surface area contributed by atoms with Gasteiger partial charge in [-0.3, -0.25) is 4.79 Å². The van der Waals surface area contributed by atoms with Gasteiger partial charge in [-0.2, -0.15) is 4.31 Å². The Labute approximate surface area is 242 Å². The summed E-state index contributed by atoms with van der Waals surface area (Å²) < 4.78 is 51.7. The van der Waals surface area contributed by atoms with Crippen molar-refractivity contribution in [2.45, 2.75) is 69.7 Å². The van der Waals surface area contributed by atoms with Gasteiger partial charge < -0.3 is 24.1 Å². The zero-order chi connectivity index (χ0) is 29.1. The molecule has 0 aromatic heterocycles. The summed E-state index contributed by atoms with van der Waals surface area (Å²) in [6.45, 7) is 6.75. The zero-order valence-electron chi connectivity index (χ0n) is 23.9. The third kappa shape index (κ3) is 7.01. The Kier molecular flexibility index (Phi) is 9.47. The third-order valence-corrected chi connectivity index (χ3v) is 10.1. The summed E-state index contributed by atoms with van der Waals surface area (Å²) in [4.78, 5) is 13.5. The van der Waals surface area contributed by atoms with Gasteiger partial charge in [0.15, 0.2) is 12.6 Å². The number of aliphatic hydroxyl groups is 1. The fourth-order valence-electron chi connectivity index (χ4n) is 6.12. The van der Waals surface area contributed by atoms with Crippen molar-refractivity contribution < 1.29 is 37.3 Å². The smallest absolute Gasteiger partial charge is 0.306 e. The zero-order valence-corrected chi connectivity index (χ0v) is 24.7. The van der Waals surface area contributed by atoms with Crippen LogP contribution in [-0.4, -0.2) is 74.9 Å². The first kappa shape index (κ1) is 30.1. The first-order valence-corrected chi connectivity index (χ1v) is 15.9. The van der Waals surface area contributed by atoms with Gasteiger partial charge in [0.05, 0.1) is 36.6 Å². The van der Waals surface area contributed by atoms with E-state index in [-0.39, 0.29) is 55.1 Å². The van der Waals surface area contributed by atoms with Crippen LogP contribution in [0.1, 0.15) is 37.8 Å². The normalized spacial score (nSPS) is 27.1. The Balaban J connectivity index is 1.31. The number of aryl methyl sites for hydroxylation is 1. The van der Waals surface area contributed by atoms with Crippen molar-refractivity contribution in [1.29, 1.82) is 0 Å². The monoisotopic (exact) mass is 587 g/mol. The van der Waals surface area contributed by atoms with Crippen LogP contribution in [0, 0.1) is 30.6 Å². The van der Waals surface area contributed by atoms with E-state index in [2.05, 4.69) is 0 Å². The van der Waals surface area contributed by atoms with Crippen molar-refractivity contribution >= 4 is 16.0 Å². The maximum absolute atomic E-state index is 13.6. The Morgan fingerprint density at radius 1 is 1.05 bits per heavy atom. The van der Waals surface area contributed by atoms with E-state index in [0.717, 1.165) is 17.5 Å². The molecule has 0 spiro atoms. The quantitative estimate of drug-likeness (QED) is 0.376. The van der Waals surface area contributed by atoms with Gasteiger partial charge in [0.25, 0.3) is 0 Å². The second-order valence-corrected chi connectivity index (χ2v) is 13.8. The van der Waals surface area contributed by atoms with E-state index in [1.165, 1.54) is 4.31 Å². The van der Waals surface area contributed by atoms with Crippen LogP contribution in [0.2, 0.25) is 0 Å². The number of carbonyl (C=O) groups excluding carboxylic acids is 1. The van der Waals surface area contributed by atoms with Crippen molar-refractivity contribution in [2.75, 3.05) is 26.3 Å². The minimum atomic E-state index is -3.86. The molecule has 1 N–H and O–H groups in total. The molecule has 3 fully saturated rings. The first-order chi connectivity index (χ1) is 19.6. The molecule has 0 aliphatic carbocycles. The predicted molar refractivity (Wildman–Crippen MR) is 151 cm³/mol. The molecule has 3 saturated heterocycles. The highest BCUT2D eigenvalue weighted by atomic mass is 32.2. The number of benzene rings is 2. The minimum Gasteiger partial charge on any atom is -0.459 e. The molecule has 7 atom stereocenters. The number of esters is 1. The SMILES string of the molecule is Cc1ccc(S(=O)(=O)N(CC(C)C)C[C@@H](O)[C@@H](CC(=O)O[C@H]2CO[C@H]3O[C@@H]4OCC[C@@H]4[C@H]32)Cc2ccccc2)cc1. The summed E-state index contributed by atoms with van der Waals surface area (Å²) >= 11 is 0. The molecule has 2 aromatic rings. The summed E-state index contributed by atoms with van der Waals surface area (Å²) in [5.41, 5.74) is 1.90. The van der Waals surface area contributed by atoms with Crippen LogP contribution in [-0.2, 0) is 40.2 Å². The largest absolute Gasteiger partial charge is 0.459 e. The van der Waals surface area contributed by atoms with E-state index < -0.39 is 40.4 Å². The molecule has 3 aliphatic heterocycles. The topological polar surface area (TPSA) is 112 Å². The lowest BCUT2D eigenvalue weighted by atomic mass is 9.88. The number of hydrogen-bond donors (Lipinski definition) is 1. The molecule has 0 bridgehead atoms. The van der Waals surface area contributed by atoms with Gasteiger partial charge in [-0.15, -0.1) is 0 Å². The van der Waals surface area contributed by atoms with Crippen molar-refractivity contribution in [3.05, 3.63) is 65.7 Å². The first-order valence-electron chi connectivity index (χ1n) is 14.5. The summed E-state index contributed by atoms with van der Waals surface area (Å²) in [6.07, 6.45) is -1.14. The van der Waals surface area contributed by atoms with Gasteiger partial charge in [-0.05, 0) is 43.4 Å². The van der Waals surface area contributed by atoms with Gasteiger partial charge in [-0.25, -0.2) is 8.42 Å². The van der Waals surface area contributed by atoms with Crippen molar-refractivity contribution in [3.8, 4) is 0 Å². The number of sulfonamides is 1. The van der Waals surface area contributed by atoms with Crippen LogP contribution in [0.3, 0.4) is 0 Å². The minimum absolute atomic E-state index is 0.0345. The molecular formula is C31H41NO8S. The number of ether oxygens (including phenoxy) is 4. The molecule has 224 valence electrons. The van der Waals surface area contributed by atoms with Crippen LogP contribution in [0.5, 0.6) is 0 Å². The van der Waals surface area contributed by atoms with Crippen molar-refractivity contribution in [3.63, 3.8) is 0 Å². The van der Waals surface area contributed by atoms with E-state index in [1.807, 2.05) is 51.1 Å². The summed E-state index contributed by atoms with van der Waals surface area (Å²) in [6, 6.07) is 16.3. The van der Waals surface area contributed by atoms with Crippen molar-refractivity contribution in [1.82, 2.24) is 4.31 Å². The van der Waals surface area contributed by atoms with E-state index in [4.69, 9.17) is 18.9 Å². The summed E-state index contributed by atoms with van der Waals surface area (Å²) in [5.74, 6) is -0.924. The van der Waals surface area contributed by atoms with Crippen LogP contribution in [0.15, 0.2) is 59.5 Å². The molecule has 3 heterocycles. The van der Waals surface area contributed by atoms with E-state index in [1.54, 1.807) is 24.3 Å². The number of carbonyl (C=O) groups is 1. The summed E-state index contributed by atoms with van der Waals surface area (Å²) in [5, 5.41) is 11.5. The van der Waals surface area contributed by atoms with Gasteiger partial charge in [0.2, 0.25) is 10.0 Å². The molecule has 10 heteroatoms. The van der Waals surface area contributed by atoms with E-state index >= 15 is 0 Å². The molecule has 0 saturated carbocycles. The standard InChI is InChI=1S/C31H41NO8S/c1-20(2)17-32(41(35,36)24-11-9-21(3)10-12-24)18-26(33)23(15-22-7-5-4-6-8-22)16-28(34)39-27-19-38-31-29(27)25-13-14-37-30(25)40-31/h4-12,20,23,25-27,29-31,33H,13-19H2,1-3H3/t23-,25-,26-,27+,29+,30+,31+/m1/s1. The molecule has 0 radical (unpaired) electrons. The lowest BCUT2D eigenvalue weighted by Crippen LogP contribution is -2.43. The van der Waals surface area contributed by atoms with Crippen LogP contribution >= 0.6 is 0 Å². The fourth-order valence-corrected chi connectivity index (χ4v) is 7.74. The van der Waals surface area contributed by atoms with Gasteiger partial charge in [0.1, 0.15) is 6.10 Å². The third-order valence-electron chi connectivity index (χ3n) is 8.23. The average molecular weight is 588 g/mol. The molecule has 0 unspecified atom stereocenters. The Morgan fingerprint density at radius 2 is 1.78 bits per heavy atom. The fraction of sp³-hybridized carbons (Fsp3) is 0.581. The Morgan fingerprint density at radius 3 is 2.49 bits per heavy atom. The lowest BCUT2D eigenvalue weighted by Gasteiger charge is -2.30. The highest BCUT2D eigenvalue weighted by Gasteiger charge is 2.56. The molecule has 2 aromatic carbocycles. The number of rotatable bonds is 12. The number of aliphatic hydroxyl groups excluding tert-OH is 1. The lowest BCUT2D eigenvalue weighted by molar-refractivity contribution is -0.189. The molecule has 3 aliphatic rings. The predicted octanol–water partition coefficient (Wildman–Crippen LogP) is 3.53. The average Bonchev–Trinajstić information content (AvgIpc) is 3.62. The molecule has 41 heavy (non-hydrogen) atoms. The number of hydrogen-bond acceptors (Lipinski definition) is 8. The molecular weight excluding hydrogens is 546 g/mol. The Hall–Kier alpha value is -2.34. The van der Waals surface area contributed by atoms with Gasteiger partial charge >= 0.3 is 5.97 Å². The van der Waals surface area contributed by atoms with E-state index in [0.29, 0.717) is 13.0 Å². The number of nitrogens with zero attached hydrogens (tertiary/aromatic N) is 1. The molecule has 9 nitrogen and oxygen atoms in total. The maximum atomic E-state index is 13.6. The van der Waals surface area contributed by atoms with Crippen LogP contribution in [0.4, 0.5) is 0 Å². The Bertz CT molecular complexity index is 1270. The highest BCUT2D eigenvalue weighted by molar-refractivity contribution is 7.89. The number of fused-ring (bicyclic) bond motifs is 3.